The fourth-order valence-corrected chi connectivity index (χ4v) is 9.31. The second-order valence-electron chi connectivity index (χ2n) is 14.7. The first-order chi connectivity index (χ1) is 29.1. The zero-order chi connectivity index (χ0) is 42.1. The molecule has 0 aliphatic carbocycles. The number of hydrogen-bond donors (Lipinski definition) is 4. The molecule has 1 aliphatic heterocycles. The predicted molar refractivity (Wildman–Crippen MR) is 231 cm³/mol. The van der Waals surface area contributed by atoms with E-state index >= 15 is 0 Å². The predicted octanol–water partition coefficient (Wildman–Crippen LogP) is 8.12. The van der Waals surface area contributed by atoms with Gasteiger partial charge in [-0.2, -0.15) is 4.72 Å². The molecule has 60 heavy (non-hydrogen) atoms. The second-order valence-corrected chi connectivity index (χ2v) is 17.5. The van der Waals surface area contributed by atoms with Gasteiger partial charge in [0.2, 0.25) is 15.9 Å². The SMILES string of the molecule is Cc1ccc(S(=O)(=O)N[C@H](Cc2ccccc2)C(=O)NCc2ccc(C3O[C@H](CSc4ccc(C(=O)O)cc4)[C@@H](c4ccccc4)[C@H](c4ccc(CO)cc4)O3)cc2)cc1. The number of carboxylic acid groups (broad SMARTS) is 1. The molecule has 0 spiro atoms. The molecular formula is C48H46N2O8S2. The number of carbonyl (C=O) groups excluding carboxylic acids is 1. The molecule has 1 fully saturated rings. The molecule has 1 aliphatic rings. The maximum absolute atomic E-state index is 13.7. The van der Waals surface area contributed by atoms with Crippen LogP contribution in [0, 0.1) is 6.92 Å². The van der Waals surface area contributed by atoms with E-state index in [0.717, 1.165) is 43.8 Å². The highest BCUT2D eigenvalue weighted by Gasteiger charge is 2.42. The molecule has 0 bridgehead atoms. The van der Waals surface area contributed by atoms with Gasteiger partial charge in [-0.15, -0.1) is 11.8 Å². The smallest absolute Gasteiger partial charge is 0.335 e. The number of aromatic carboxylic acids is 1. The summed E-state index contributed by atoms with van der Waals surface area (Å²) in [5.41, 5.74) is 6.26. The minimum Gasteiger partial charge on any atom is -0.478 e. The number of thioether (sulfide) groups is 1. The third-order valence-electron chi connectivity index (χ3n) is 10.4. The van der Waals surface area contributed by atoms with Crippen LogP contribution >= 0.6 is 11.8 Å². The van der Waals surface area contributed by atoms with E-state index in [9.17, 15) is 28.2 Å². The molecule has 0 saturated carbocycles. The Kier molecular flexibility index (Phi) is 13.9. The van der Waals surface area contributed by atoms with E-state index in [1.54, 1.807) is 48.2 Å². The summed E-state index contributed by atoms with van der Waals surface area (Å²) in [5, 5.41) is 22.1. The van der Waals surface area contributed by atoms with Crippen LogP contribution in [-0.4, -0.2) is 48.4 Å². The summed E-state index contributed by atoms with van der Waals surface area (Å²) in [5.74, 6) is -1.12. The number of amides is 1. The van der Waals surface area contributed by atoms with Crippen LogP contribution < -0.4 is 10.0 Å². The first-order valence-corrected chi connectivity index (χ1v) is 22.0. The normalized spacial score (nSPS) is 18.4. The average molecular weight is 843 g/mol. The van der Waals surface area contributed by atoms with Gasteiger partial charge in [0, 0.05) is 28.7 Å². The highest BCUT2D eigenvalue weighted by molar-refractivity contribution is 7.99. The van der Waals surface area contributed by atoms with Crippen molar-refractivity contribution in [2.45, 2.75) is 66.7 Å². The number of carboxylic acids is 1. The average Bonchev–Trinajstić information content (AvgIpc) is 3.28. The van der Waals surface area contributed by atoms with Crippen molar-refractivity contribution < 1.29 is 37.7 Å². The van der Waals surface area contributed by atoms with Gasteiger partial charge >= 0.3 is 5.97 Å². The van der Waals surface area contributed by atoms with Gasteiger partial charge in [-0.25, -0.2) is 13.2 Å². The lowest BCUT2D eigenvalue weighted by Crippen LogP contribution is -2.47. The molecule has 308 valence electrons. The standard InChI is InChI=1S/C48H46N2O8S2/c1-32-12-26-41(27-13-32)60(55,56)50-42(28-33-8-4-2-5-9-33)46(52)49-29-34-14-20-39(21-15-34)48-57-43(31-59-40-24-22-38(23-25-40)47(53)54)44(36-10-6-3-7-11-36)45(58-48)37-18-16-35(30-51)17-19-37/h2-27,42-45,48,50-51H,28-31H2,1H3,(H,49,52)(H,53,54)/t42-,43-,44-,45+,48?/m1/s1. The van der Waals surface area contributed by atoms with E-state index in [1.807, 2.05) is 104 Å². The molecule has 0 aromatic heterocycles. The number of benzene rings is 6. The van der Waals surface area contributed by atoms with E-state index in [4.69, 9.17) is 9.47 Å². The van der Waals surface area contributed by atoms with Crippen LogP contribution in [0.1, 0.15) is 67.6 Å². The highest BCUT2D eigenvalue weighted by Crippen LogP contribution is 2.48. The van der Waals surface area contributed by atoms with Gasteiger partial charge < -0.3 is 25.0 Å². The van der Waals surface area contributed by atoms with Crippen molar-refractivity contribution in [1.82, 2.24) is 10.0 Å². The van der Waals surface area contributed by atoms with Crippen LogP contribution in [0.25, 0.3) is 0 Å². The highest BCUT2D eigenvalue weighted by atomic mass is 32.2. The van der Waals surface area contributed by atoms with Gasteiger partial charge in [0.1, 0.15) is 6.04 Å². The lowest BCUT2D eigenvalue weighted by Gasteiger charge is -2.43. The summed E-state index contributed by atoms with van der Waals surface area (Å²) < 4.78 is 43.1. The summed E-state index contributed by atoms with van der Waals surface area (Å²) in [7, 11) is -3.99. The van der Waals surface area contributed by atoms with Crippen molar-refractivity contribution in [3.05, 3.63) is 202 Å². The van der Waals surface area contributed by atoms with Gasteiger partial charge in [-0.3, -0.25) is 4.79 Å². The summed E-state index contributed by atoms with van der Waals surface area (Å²) in [6.07, 6.45) is -1.37. The van der Waals surface area contributed by atoms with Gasteiger partial charge in [0.25, 0.3) is 0 Å². The van der Waals surface area contributed by atoms with Gasteiger partial charge in [-0.1, -0.05) is 127 Å². The Labute approximate surface area is 354 Å². The Morgan fingerprint density at radius 2 is 1.32 bits per heavy atom. The maximum Gasteiger partial charge on any atom is 0.335 e. The number of rotatable bonds is 16. The first kappa shape index (κ1) is 42.5. The quantitative estimate of drug-likeness (QED) is 0.0709. The molecule has 5 atom stereocenters. The summed E-state index contributed by atoms with van der Waals surface area (Å²) in [6.45, 7) is 1.95. The van der Waals surface area contributed by atoms with Crippen LogP contribution in [0.4, 0.5) is 0 Å². The fourth-order valence-electron chi connectivity index (χ4n) is 7.14. The molecule has 0 radical (unpaired) electrons. The van der Waals surface area contributed by atoms with Crippen molar-refractivity contribution in [3.63, 3.8) is 0 Å². The zero-order valence-corrected chi connectivity index (χ0v) is 34.5. The maximum atomic E-state index is 13.7. The van der Waals surface area contributed by atoms with E-state index in [1.165, 1.54) is 12.1 Å². The molecule has 6 aromatic carbocycles. The third-order valence-corrected chi connectivity index (χ3v) is 13.0. The van der Waals surface area contributed by atoms with E-state index < -0.39 is 40.3 Å². The number of nitrogens with one attached hydrogen (secondary N) is 2. The van der Waals surface area contributed by atoms with Crippen LogP contribution in [0.5, 0.6) is 0 Å². The lowest BCUT2D eigenvalue weighted by molar-refractivity contribution is -0.255. The van der Waals surface area contributed by atoms with E-state index in [0.29, 0.717) is 5.75 Å². The molecule has 4 N–H and O–H groups in total. The largest absolute Gasteiger partial charge is 0.478 e. The minimum atomic E-state index is -3.99. The van der Waals surface area contributed by atoms with Crippen LogP contribution in [-0.2, 0) is 43.9 Å². The van der Waals surface area contributed by atoms with Crippen LogP contribution in [0.3, 0.4) is 0 Å². The van der Waals surface area contributed by atoms with Crippen molar-refractivity contribution >= 4 is 33.7 Å². The summed E-state index contributed by atoms with van der Waals surface area (Å²) >= 11 is 1.57. The van der Waals surface area contributed by atoms with E-state index in [-0.39, 0.29) is 42.1 Å². The van der Waals surface area contributed by atoms with Crippen molar-refractivity contribution in [2.24, 2.45) is 0 Å². The molecular weight excluding hydrogens is 797 g/mol. The molecule has 10 nitrogen and oxygen atoms in total. The number of sulfonamides is 1. The third kappa shape index (κ3) is 10.8. The molecule has 1 heterocycles. The Balaban J connectivity index is 1.10. The lowest BCUT2D eigenvalue weighted by atomic mass is 9.84. The van der Waals surface area contributed by atoms with Crippen molar-refractivity contribution in [2.75, 3.05) is 5.75 Å². The van der Waals surface area contributed by atoms with Gasteiger partial charge in [0.05, 0.1) is 29.3 Å². The number of aryl methyl sites for hydroxylation is 1. The molecule has 6 aromatic rings. The number of ether oxygens (including phenoxy) is 2. The zero-order valence-electron chi connectivity index (χ0n) is 32.9. The summed E-state index contributed by atoms with van der Waals surface area (Å²) in [6, 6.07) is 46.8. The first-order valence-electron chi connectivity index (χ1n) is 19.6. The monoisotopic (exact) mass is 842 g/mol. The number of aliphatic hydroxyl groups is 1. The second kappa shape index (κ2) is 19.6. The fraction of sp³-hybridized carbons (Fsp3) is 0.208. The Hall–Kier alpha value is -5.60. The number of hydrogen-bond acceptors (Lipinski definition) is 8. The molecule has 1 amide bonds. The minimum absolute atomic E-state index is 0.0800. The summed E-state index contributed by atoms with van der Waals surface area (Å²) in [4.78, 5) is 26.1. The molecule has 7 rings (SSSR count). The number of carbonyl (C=O) groups is 2. The molecule has 1 saturated heterocycles. The van der Waals surface area contributed by atoms with Crippen molar-refractivity contribution in [1.29, 1.82) is 0 Å². The van der Waals surface area contributed by atoms with Gasteiger partial charge in [-0.05, 0) is 77.6 Å². The van der Waals surface area contributed by atoms with Gasteiger partial charge in [0.15, 0.2) is 6.29 Å². The van der Waals surface area contributed by atoms with Crippen LogP contribution in [0.15, 0.2) is 168 Å². The molecule has 12 heteroatoms. The van der Waals surface area contributed by atoms with E-state index in [2.05, 4.69) is 22.2 Å². The Morgan fingerprint density at radius 3 is 1.95 bits per heavy atom. The number of aliphatic hydroxyl groups excluding tert-OH is 1. The van der Waals surface area contributed by atoms with Crippen molar-refractivity contribution in [3.8, 4) is 0 Å². The Bertz CT molecular complexity index is 2450. The Morgan fingerprint density at radius 1 is 0.700 bits per heavy atom. The molecule has 1 unspecified atom stereocenters. The van der Waals surface area contributed by atoms with Crippen LogP contribution in [0.2, 0.25) is 0 Å². The topological polar surface area (TPSA) is 151 Å².